The van der Waals surface area contributed by atoms with E-state index in [1.165, 1.54) is 23.1 Å². The largest absolute Gasteiger partial charge is 0.482 e. The second-order valence-electron chi connectivity index (χ2n) is 7.98. The van der Waals surface area contributed by atoms with E-state index < -0.39 is 18.3 Å². The predicted octanol–water partition coefficient (Wildman–Crippen LogP) is 3.40. The zero-order chi connectivity index (χ0) is 23.3. The minimum absolute atomic E-state index is 0.0223. The third-order valence-electron chi connectivity index (χ3n) is 5.25. The Hall–Kier alpha value is -3.47. The molecule has 0 aliphatic carbocycles. The second-order valence-corrected chi connectivity index (χ2v) is 7.98. The highest BCUT2D eigenvalue weighted by Gasteiger charge is 2.47. The van der Waals surface area contributed by atoms with Gasteiger partial charge in [0.25, 0.3) is 5.91 Å². The van der Waals surface area contributed by atoms with Crippen molar-refractivity contribution >= 4 is 11.6 Å². The Labute approximate surface area is 181 Å². The number of fused-ring (bicyclic) bond motifs is 1. The van der Waals surface area contributed by atoms with Gasteiger partial charge in [-0.15, -0.1) is 0 Å². The molecular weight excluding hydrogens is 425 g/mol. The fourth-order valence-electron chi connectivity index (χ4n) is 3.82. The highest BCUT2D eigenvalue weighted by Crippen LogP contribution is 2.43. The summed E-state index contributed by atoms with van der Waals surface area (Å²) in [6, 6.07) is 3.16. The third kappa shape index (κ3) is 3.79. The Morgan fingerprint density at radius 1 is 1.19 bits per heavy atom. The normalized spacial score (nSPS) is 15.2. The number of aromatic nitrogens is 4. The Balaban J connectivity index is 1.73. The average Bonchev–Trinajstić information content (AvgIpc) is 3.26. The predicted molar refractivity (Wildman–Crippen MR) is 110 cm³/mol. The molecule has 3 aromatic rings. The zero-order valence-corrected chi connectivity index (χ0v) is 17.6. The van der Waals surface area contributed by atoms with Crippen LogP contribution in [-0.2, 0) is 12.2 Å². The summed E-state index contributed by atoms with van der Waals surface area (Å²) >= 11 is 0. The van der Waals surface area contributed by atoms with E-state index in [0.29, 0.717) is 33.8 Å². The average molecular weight is 446 g/mol. The number of aryl methyl sites for hydroxylation is 1. The summed E-state index contributed by atoms with van der Waals surface area (Å²) in [5.74, 6) is -0.232. The van der Waals surface area contributed by atoms with Crippen LogP contribution in [0.4, 0.5) is 18.9 Å². The summed E-state index contributed by atoms with van der Waals surface area (Å²) in [6.45, 7) is 4.29. The van der Waals surface area contributed by atoms with E-state index in [9.17, 15) is 18.0 Å². The monoisotopic (exact) mass is 446 g/mol. The van der Waals surface area contributed by atoms with E-state index in [4.69, 9.17) is 15.5 Å². The number of nitrogens with zero attached hydrogens (tertiary/aromatic N) is 5. The maximum absolute atomic E-state index is 13.3. The molecule has 0 unspecified atom stereocenters. The highest BCUT2D eigenvalue weighted by molar-refractivity contribution is 6.12. The fourth-order valence-corrected chi connectivity index (χ4v) is 3.82. The number of carbonyl (C=O) groups excluding carboxylic acids is 1. The van der Waals surface area contributed by atoms with Crippen LogP contribution in [0.5, 0.6) is 5.75 Å². The van der Waals surface area contributed by atoms with Crippen molar-refractivity contribution in [2.24, 2.45) is 5.73 Å². The van der Waals surface area contributed by atoms with Gasteiger partial charge in [-0.1, -0.05) is 0 Å². The van der Waals surface area contributed by atoms with Crippen molar-refractivity contribution < 1.29 is 22.7 Å². The van der Waals surface area contributed by atoms with Crippen LogP contribution in [0.15, 0.2) is 36.9 Å². The first-order valence-electron chi connectivity index (χ1n) is 9.75. The number of rotatable bonds is 5. The van der Waals surface area contributed by atoms with Crippen molar-refractivity contribution in [3.63, 3.8) is 0 Å². The molecule has 0 saturated heterocycles. The van der Waals surface area contributed by atoms with Crippen LogP contribution >= 0.6 is 0 Å². The number of ether oxygens (including phenoxy) is 1. The van der Waals surface area contributed by atoms with Gasteiger partial charge < -0.3 is 10.5 Å². The molecule has 4 heterocycles. The molecule has 32 heavy (non-hydrogen) atoms. The Bertz CT molecular complexity index is 1190. The van der Waals surface area contributed by atoms with Gasteiger partial charge >= 0.3 is 6.18 Å². The molecule has 0 bridgehead atoms. The molecule has 0 radical (unpaired) electrons. The molecule has 0 fully saturated rings. The summed E-state index contributed by atoms with van der Waals surface area (Å²) in [5, 5.41) is 4.15. The number of halogens is 3. The number of anilines is 1. The summed E-state index contributed by atoms with van der Waals surface area (Å²) in [4.78, 5) is 23.6. The van der Waals surface area contributed by atoms with Gasteiger partial charge in [-0.05, 0) is 38.5 Å². The molecule has 4 rings (SSSR count). The zero-order valence-electron chi connectivity index (χ0n) is 17.6. The first-order valence-corrected chi connectivity index (χ1v) is 9.75. The number of carbonyl (C=O) groups is 1. The number of nitrogens with two attached hydrogens (primary N) is 1. The van der Waals surface area contributed by atoms with Gasteiger partial charge in [0, 0.05) is 11.8 Å². The van der Waals surface area contributed by atoms with Gasteiger partial charge in [-0.25, -0.2) is 4.98 Å². The maximum atomic E-state index is 13.3. The molecule has 1 amide bonds. The van der Waals surface area contributed by atoms with Crippen LogP contribution in [-0.4, -0.2) is 38.4 Å². The number of alkyl halides is 3. The number of pyridine rings is 2. The van der Waals surface area contributed by atoms with Crippen LogP contribution < -0.4 is 15.4 Å². The summed E-state index contributed by atoms with van der Waals surface area (Å²) in [5.41, 5.74) is 8.10. The number of amides is 1. The molecule has 1 aliphatic heterocycles. The van der Waals surface area contributed by atoms with Gasteiger partial charge in [0.15, 0.2) is 6.61 Å². The molecule has 11 heteroatoms. The third-order valence-corrected chi connectivity index (χ3v) is 5.25. The van der Waals surface area contributed by atoms with E-state index in [2.05, 4.69) is 10.1 Å². The minimum Gasteiger partial charge on any atom is -0.482 e. The van der Waals surface area contributed by atoms with E-state index in [0.717, 1.165) is 0 Å². The minimum atomic E-state index is -4.45. The lowest BCUT2D eigenvalue weighted by molar-refractivity contribution is -0.153. The first kappa shape index (κ1) is 21.8. The molecule has 0 spiro atoms. The van der Waals surface area contributed by atoms with E-state index in [1.54, 1.807) is 30.3 Å². The lowest BCUT2D eigenvalue weighted by Crippen LogP contribution is -2.39. The second kappa shape index (κ2) is 7.59. The highest BCUT2D eigenvalue weighted by atomic mass is 19.4. The quantitative estimate of drug-likeness (QED) is 0.645. The summed E-state index contributed by atoms with van der Waals surface area (Å²) < 4.78 is 43.8. The van der Waals surface area contributed by atoms with Gasteiger partial charge in [-0.2, -0.15) is 18.3 Å². The molecule has 3 aromatic heterocycles. The molecule has 0 aromatic carbocycles. The molecule has 0 saturated carbocycles. The maximum Gasteiger partial charge on any atom is 0.422 e. The number of hydrogen-bond donors (Lipinski definition) is 1. The lowest BCUT2D eigenvalue weighted by Gasteiger charge is -2.30. The Morgan fingerprint density at radius 3 is 2.59 bits per heavy atom. The van der Waals surface area contributed by atoms with Crippen molar-refractivity contribution in [2.45, 2.75) is 39.2 Å². The van der Waals surface area contributed by atoms with Crippen LogP contribution in [0.25, 0.3) is 11.3 Å². The summed E-state index contributed by atoms with van der Waals surface area (Å²) in [7, 11) is 0. The van der Waals surface area contributed by atoms with Gasteiger partial charge in [0.1, 0.15) is 5.75 Å². The molecule has 0 atom stereocenters. The molecule has 168 valence electrons. The van der Waals surface area contributed by atoms with Crippen molar-refractivity contribution in [3.05, 3.63) is 53.7 Å². The Kier molecular flexibility index (Phi) is 5.16. The van der Waals surface area contributed by atoms with Gasteiger partial charge in [0.2, 0.25) is 0 Å². The van der Waals surface area contributed by atoms with Crippen LogP contribution in [0.1, 0.15) is 35.5 Å². The summed E-state index contributed by atoms with van der Waals surface area (Å²) in [6.07, 6.45) is 1.50. The Morgan fingerprint density at radius 2 is 1.94 bits per heavy atom. The van der Waals surface area contributed by atoms with Crippen LogP contribution in [0.3, 0.4) is 0 Å². The van der Waals surface area contributed by atoms with Gasteiger partial charge in [-0.3, -0.25) is 19.4 Å². The van der Waals surface area contributed by atoms with Crippen molar-refractivity contribution in [3.8, 4) is 17.0 Å². The van der Waals surface area contributed by atoms with E-state index in [1.807, 2.05) is 13.8 Å². The first-order chi connectivity index (χ1) is 15.0. The van der Waals surface area contributed by atoms with E-state index >= 15 is 0 Å². The van der Waals surface area contributed by atoms with Crippen molar-refractivity contribution in [2.75, 3.05) is 11.5 Å². The number of hydrogen-bond acceptors (Lipinski definition) is 6. The van der Waals surface area contributed by atoms with Crippen molar-refractivity contribution in [1.29, 1.82) is 0 Å². The smallest absolute Gasteiger partial charge is 0.422 e. The molecule has 8 nitrogen and oxygen atoms in total. The molecule has 1 aliphatic rings. The topological polar surface area (TPSA) is 99.2 Å². The van der Waals surface area contributed by atoms with Crippen molar-refractivity contribution in [1.82, 2.24) is 19.7 Å². The lowest BCUT2D eigenvalue weighted by atomic mass is 9.96. The standard InChI is InChI=1S/C21H21F3N6O2/c1-12-4-16(13-5-15(8-26-6-13)32-10-21(22,23)24)28-18-17(12)19(31)30(20(18,2)3)14-7-27-29(9-14)11-25/h4-9H,10-11,25H2,1-3H3. The SMILES string of the molecule is Cc1cc(-c2cncc(OCC(F)(F)F)c2)nc2c1C(=O)N(c1cnn(CN)c1)C2(C)C. The van der Waals surface area contributed by atoms with Gasteiger partial charge in [0.05, 0.1) is 53.4 Å². The fraction of sp³-hybridized carbons (Fsp3) is 0.333. The van der Waals surface area contributed by atoms with Crippen LogP contribution in [0.2, 0.25) is 0 Å². The molecular formula is C21H21F3N6O2. The van der Waals surface area contributed by atoms with E-state index in [-0.39, 0.29) is 18.3 Å². The molecule has 2 N–H and O–H groups in total. The van der Waals surface area contributed by atoms with Crippen LogP contribution in [0, 0.1) is 6.92 Å².